The van der Waals surface area contributed by atoms with Gasteiger partial charge in [-0.15, -0.1) is 0 Å². The van der Waals surface area contributed by atoms with E-state index in [1.54, 1.807) is 7.11 Å². The number of hydrogen-bond acceptors (Lipinski definition) is 2. The van der Waals surface area contributed by atoms with Crippen molar-refractivity contribution in [2.24, 2.45) is 0 Å². The molecule has 0 unspecified atom stereocenters. The van der Waals surface area contributed by atoms with Crippen LogP contribution in [0.15, 0.2) is 65.1 Å². The average Bonchev–Trinajstić information content (AvgIpc) is 2.48. The van der Waals surface area contributed by atoms with Gasteiger partial charge in [0.25, 0.3) is 0 Å². The maximum absolute atomic E-state index is 5.16. The van der Waals surface area contributed by atoms with Gasteiger partial charge in [0.15, 0.2) is 0 Å². The Morgan fingerprint density at radius 2 is 1.45 bits per heavy atom. The molecule has 0 amide bonds. The molecule has 3 rings (SSSR count). The average molecular weight is 328 g/mol. The molecule has 0 bridgehead atoms. The zero-order valence-electron chi connectivity index (χ0n) is 11.1. The van der Waals surface area contributed by atoms with Crippen LogP contribution in [0.4, 0.5) is 11.4 Å². The van der Waals surface area contributed by atoms with Gasteiger partial charge >= 0.3 is 0 Å². The van der Waals surface area contributed by atoms with E-state index in [-0.39, 0.29) is 0 Å². The highest BCUT2D eigenvalue weighted by Crippen LogP contribution is 2.25. The molecule has 1 N–H and O–H groups in total. The summed E-state index contributed by atoms with van der Waals surface area (Å²) >= 11 is 3.49. The van der Waals surface area contributed by atoms with Crippen molar-refractivity contribution in [1.82, 2.24) is 0 Å². The van der Waals surface area contributed by atoms with Gasteiger partial charge in [-0.05, 0) is 59.3 Å². The number of nitrogens with one attached hydrogen (secondary N) is 1. The van der Waals surface area contributed by atoms with Gasteiger partial charge in [-0.3, -0.25) is 0 Å². The summed E-state index contributed by atoms with van der Waals surface area (Å²) in [4.78, 5) is 0. The minimum Gasteiger partial charge on any atom is -0.497 e. The Labute approximate surface area is 126 Å². The quantitative estimate of drug-likeness (QED) is 0.699. The zero-order valence-corrected chi connectivity index (χ0v) is 12.6. The smallest absolute Gasteiger partial charge is 0.119 e. The normalized spacial score (nSPS) is 10.5. The maximum Gasteiger partial charge on any atom is 0.119 e. The molecule has 3 heteroatoms. The van der Waals surface area contributed by atoms with Crippen molar-refractivity contribution in [1.29, 1.82) is 0 Å². The van der Waals surface area contributed by atoms with E-state index in [0.29, 0.717) is 0 Å². The molecule has 0 saturated carbocycles. The largest absolute Gasteiger partial charge is 0.497 e. The molecule has 0 aliphatic rings. The fraction of sp³-hybridized carbons (Fsp3) is 0.0588. The molecule has 100 valence electrons. The van der Waals surface area contributed by atoms with Crippen LogP contribution in [0, 0.1) is 0 Å². The third-order valence-electron chi connectivity index (χ3n) is 3.18. The molecule has 0 fully saturated rings. The lowest BCUT2D eigenvalue weighted by Gasteiger charge is -2.08. The van der Waals surface area contributed by atoms with Crippen molar-refractivity contribution in [3.63, 3.8) is 0 Å². The monoisotopic (exact) mass is 327 g/mol. The zero-order chi connectivity index (χ0) is 13.9. The highest BCUT2D eigenvalue weighted by atomic mass is 79.9. The Kier molecular flexibility index (Phi) is 3.61. The number of anilines is 2. The number of methoxy groups -OCH3 is 1. The van der Waals surface area contributed by atoms with Crippen LogP contribution in [0.25, 0.3) is 10.8 Å². The van der Waals surface area contributed by atoms with E-state index in [0.717, 1.165) is 21.6 Å². The van der Waals surface area contributed by atoms with Crippen LogP contribution in [0.5, 0.6) is 5.75 Å². The Bertz CT molecular complexity index is 738. The van der Waals surface area contributed by atoms with E-state index in [2.05, 4.69) is 57.6 Å². The lowest BCUT2D eigenvalue weighted by atomic mass is 10.1. The summed E-state index contributed by atoms with van der Waals surface area (Å²) in [7, 11) is 1.67. The fourth-order valence-electron chi connectivity index (χ4n) is 2.14. The van der Waals surface area contributed by atoms with Gasteiger partial charge in [-0.2, -0.15) is 0 Å². The highest BCUT2D eigenvalue weighted by Gasteiger charge is 1.99. The minimum atomic E-state index is 0.860. The predicted octanol–water partition coefficient (Wildman–Crippen LogP) is 5.35. The molecule has 0 spiro atoms. The van der Waals surface area contributed by atoms with Crippen molar-refractivity contribution in [2.75, 3.05) is 12.4 Å². The van der Waals surface area contributed by atoms with Crippen LogP contribution in [0.2, 0.25) is 0 Å². The third kappa shape index (κ3) is 2.78. The Morgan fingerprint density at radius 3 is 2.20 bits per heavy atom. The Morgan fingerprint density at radius 1 is 0.800 bits per heavy atom. The molecule has 0 aromatic heterocycles. The van der Waals surface area contributed by atoms with Crippen LogP contribution >= 0.6 is 15.9 Å². The molecule has 0 radical (unpaired) electrons. The van der Waals surface area contributed by atoms with Gasteiger partial charge < -0.3 is 10.1 Å². The van der Waals surface area contributed by atoms with E-state index in [1.807, 2.05) is 24.3 Å². The van der Waals surface area contributed by atoms with E-state index >= 15 is 0 Å². The molecular weight excluding hydrogens is 314 g/mol. The second-order valence-electron chi connectivity index (χ2n) is 4.56. The second kappa shape index (κ2) is 5.55. The van der Waals surface area contributed by atoms with E-state index in [1.165, 1.54) is 10.8 Å². The van der Waals surface area contributed by atoms with Crippen LogP contribution in [-0.2, 0) is 0 Å². The lowest BCUT2D eigenvalue weighted by molar-refractivity contribution is 0.415. The number of fused-ring (bicyclic) bond motifs is 1. The van der Waals surface area contributed by atoms with Gasteiger partial charge in [-0.25, -0.2) is 0 Å². The summed E-state index contributed by atoms with van der Waals surface area (Å²) in [6.45, 7) is 0. The summed E-state index contributed by atoms with van der Waals surface area (Å²) in [5, 5.41) is 5.83. The van der Waals surface area contributed by atoms with Crippen molar-refractivity contribution in [3.8, 4) is 5.75 Å². The van der Waals surface area contributed by atoms with Gasteiger partial charge in [0.1, 0.15) is 5.75 Å². The van der Waals surface area contributed by atoms with E-state index in [4.69, 9.17) is 4.74 Å². The molecule has 2 nitrogen and oxygen atoms in total. The van der Waals surface area contributed by atoms with Crippen LogP contribution in [-0.4, -0.2) is 7.11 Å². The maximum atomic E-state index is 5.16. The molecular formula is C17H14BrNO. The Hall–Kier alpha value is -2.00. The first-order valence-corrected chi connectivity index (χ1v) is 7.14. The van der Waals surface area contributed by atoms with E-state index in [9.17, 15) is 0 Å². The topological polar surface area (TPSA) is 21.3 Å². The van der Waals surface area contributed by atoms with Crippen LogP contribution < -0.4 is 10.1 Å². The predicted molar refractivity (Wildman–Crippen MR) is 87.9 cm³/mol. The van der Waals surface area contributed by atoms with Crippen molar-refractivity contribution in [2.45, 2.75) is 0 Å². The molecule has 20 heavy (non-hydrogen) atoms. The summed E-state index contributed by atoms with van der Waals surface area (Å²) in [5.41, 5.74) is 2.12. The fourth-order valence-corrected chi connectivity index (χ4v) is 2.51. The third-order valence-corrected chi connectivity index (χ3v) is 3.67. The second-order valence-corrected chi connectivity index (χ2v) is 5.48. The number of hydrogen-bond donors (Lipinski definition) is 1. The number of benzene rings is 3. The van der Waals surface area contributed by atoms with Gasteiger partial charge in [0.2, 0.25) is 0 Å². The highest BCUT2D eigenvalue weighted by molar-refractivity contribution is 9.10. The summed E-state index contributed by atoms with van der Waals surface area (Å²) < 4.78 is 6.25. The molecule has 0 heterocycles. The van der Waals surface area contributed by atoms with Crippen molar-refractivity contribution in [3.05, 3.63) is 65.1 Å². The number of ether oxygens (including phenoxy) is 1. The molecule has 0 aliphatic heterocycles. The standard InChI is InChI=1S/C17H14BrNO/c1-20-17-8-6-15(7-9-17)19-16-5-3-12-10-14(18)4-2-13(12)11-16/h2-11,19H,1H3. The molecule has 3 aromatic carbocycles. The molecule has 3 aromatic rings. The van der Waals surface area contributed by atoms with Gasteiger partial charge in [0, 0.05) is 15.8 Å². The van der Waals surface area contributed by atoms with Crippen LogP contribution in [0.3, 0.4) is 0 Å². The van der Waals surface area contributed by atoms with Crippen LogP contribution in [0.1, 0.15) is 0 Å². The molecule has 0 aliphatic carbocycles. The minimum absolute atomic E-state index is 0.860. The van der Waals surface area contributed by atoms with Crippen molar-refractivity contribution >= 4 is 38.1 Å². The Balaban J connectivity index is 1.88. The first kappa shape index (κ1) is 13.0. The van der Waals surface area contributed by atoms with Crippen molar-refractivity contribution < 1.29 is 4.74 Å². The van der Waals surface area contributed by atoms with Gasteiger partial charge in [-0.1, -0.05) is 28.1 Å². The molecule has 0 atom stereocenters. The van der Waals surface area contributed by atoms with Gasteiger partial charge in [0.05, 0.1) is 7.11 Å². The number of rotatable bonds is 3. The first-order valence-electron chi connectivity index (χ1n) is 6.35. The summed E-state index contributed by atoms with van der Waals surface area (Å²) in [5.74, 6) is 0.860. The SMILES string of the molecule is COc1ccc(Nc2ccc3cc(Br)ccc3c2)cc1. The lowest BCUT2D eigenvalue weighted by Crippen LogP contribution is -1.90. The first-order chi connectivity index (χ1) is 9.74. The van der Waals surface area contributed by atoms with E-state index < -0.39 is 0 Å². The molecule has 0 saturated heterocycles. The summed E-state index contributed by atoms with van der Waals surface area (Å²) in [6.07, 6.45) is 0. The summed E-state index contributed by atoms with van der Waals surface area (Å²) in [6, 6.07) is 20.5. The number of halogens is 1.